The van der Waals surface area contributed by atoms with Crippen LogP contribution in [0.5, 0.6) is 0 Å². The summed E-state index contributed by atoms with van der Waals surface area (Å²) >= 11 is 0. The normalized spacial score (nSPS) is 45.4. The van der Waals surface area contributed by atoms with Crippen LogP contribution >= 0.6 is 0 Å². The summed E-state index contributed by atoms with van der Waals surface area (Å²) in [5.41, 5.74) is -1.12. The number of rotatable bonds is 2. The van der Waals surface area contributed by atoms with E-state index in [0.29, 0.717) is 19.3 Å². The fourth-order valence-electron chi connectivity index (χ4n) is 5.74. The van der Waals surface area contributed by atoms with Crippen molar-refractivity contribution < 1.29 is 19.8 Å². The van der Waals surface area contributed by atoms with Crippen LogP contribution in [0.4, 0.5) is 0 Å². The lowest BCUT2D eigenvalue weighted by molar-refractivity contribution is -0.166. The van der Waals surface area contributed by atoms with Gasteiger partial charge in [0.15, 0.2) is 5.78 Å². The summed E-state index contributed by atoms with van der Waals surface area (Å²) in [6.45, 7) is 7.98. The number of hydrogen-bond donors (Lipinski definition) is 2. The van der Waals surface area contributed by atoms with Gasteiger partial charge in [0.1, 0.15) is 0 Å². The van der Waals surface area contributed by atoms with E-state index in [-0.39, 0.29) is 29.0 Å². The van der Waals surface area contributed by atoms with Gasteiger partial charge in [-0.2, -0.15) is 0 Å². The SMILES string of the molecule is CC(C)[C@]1(O)C=C2C(=O)C[C@@H]3[C@@](C)(CCC[C@@]3(C)C(=O)O)[C@H]2CC1. The molecule has 0 aliphatic heterocycles. The second-order valence-electron chi connectivity index (χ2n) is 9.10. The molecule has 0 saturated heterocycles. The topological polar surface area (TPSA) is 74.6 Å². The molecule has 0 aromatic heterocycles. The highest BCUT2D eigenvalue weighted by atomic mass is 16.4. The maximum Gasteiger partial charge on any atom is 0.309 e. The number of ketones is 1. The van der Waals surface area contributed by atoms with Gasteiger partial charge in [-0.15, -0.1) is 0 Å². The zero-order valence-corrected chi connectivity index (χ0v) is 15.3. The van der Waals surface area contributed by atoms with E-state index in [4.69, 9.17) is 0 Å². The Morgan fingerprint density at radius 3 is 2.50 bits per heavy atom. The highest BCUT2D eigenvalue weighted by Gasteiger charge is 2.60. The van der Waals surface area contributed by atoms with Crippen molar-refractivity contribution in [3.05, 3.63) is 11.6 Å². The number of aliphatic hydroxyl groups is 1. The predicted molar refractivity (Wildman–Crippen MR) is 91.4 cm³/mol. The van der Waals surface area contributed by atoms with E-state index in [0.717, 1.165) is 24.8 Å². The van der Waals surface area contributed by atoms with Gasteiger partial charge in [-0.1, -0.05) is 27.2 Å². The summed E-state index contributed by atoms with van der Waals surface area (Å²) < 4.78 is 0. The van der Waals surface area contributed by atoms with Crippen molar-refractivity contribution in [3.8, 4) is 0 Å². The molecule has 0 bridgehead atoms. The van der Waals surface area contributed by atoms with Gasteiger partial charge in [0.05, 0.1) is 11.0 Å². The Morgan fingerprint density at radius 2 is 1.92 bits per heavy atom. The molecule has 0 radical (unpaired) electrons. The Kier molecular flexibility index (Phi) is 3.99. The Hall–Kier alpha value is -1.16. The number of fused-ring (bicyclic) bond motifs is 3. The van der Waals surface area contributed by atoms with E-state index >= 15 is 0 Å². The van der Waals surface area contributed by atoms with Gasteiger partial charge in [0, 0.05) is 6.42 Å². The Labute approximate surface area is 144 Å². The first-order chi connectivity index (χ1) is 11.0. The second kappa shape index (κ2) is 5.42. The maximum atomic E-state index is 12.9. The Morgan fingerprint density at radius 1 is 1.25 bits per heavy atom. The van der Waals surface area contributed by atoms with Crippen LogP contribution in [0.2, 0.25) is 0 Å². The summed E-state index contributed by atoms with van der Waals surface area (Å²) in [6, 6.07) is 0. The molecule has 0 unspecified atom stereocenters. The average Bonchev–Trinajstić information content (AvgIpc) is 2.49. The molecule has 0 heterocycles. The zero-order valence-electron chi connectivity index (χ0n) is 15.3. The van der Waals surface area contributed by atoms with Crippen LogP contribution in [-0.2, 0) is 9.59 Å². The maximum absolute atomic E-state index is 12.9. The van der Waals surface area contributed by atoms with Crippen molar-refractivity contribution in [2.45, 2.75) is 71.8 Å². The molecule has 0 aromatic rings. The summed E-state index contributed by atoms with van der Waals surface area (Å²) in [5, 5.41) is 20.7. The van der Waals surface area contributed by atoms with Crippen LogP contribution in [-0.4, -0.2) is 27.6 Å². The van der Waals surface area contributed by atoms with E-state index in [2.05, 4.69) is 6.92 Å². The van der Waals surface area contributed by atoms with Gasteiger partial charge in [0.25, 0.3) is 0 Å². The molecule has 2 fully saturated rings. The molecule has 0 spiro atoms. The minimum atomic E-state index is -0.907. The van der Waals surface area contributed by atoms with Crippen molar-refractivity contribution in [3.63, 3.8) is 0 Å². The molecule has 4 nitrogen and oxygen atoms in total. The lowest BCUT2D eigenvalue weighted by atomic mass is 9.45. The number of carbonyl (C=O) groups is 2. The first-order valence-corrected chi connectivity index (χ1v) is 9.26. The minimum Gasteiger partial charge on any atom is -0.481 e. The van der Waals surface area contributed by atoms with Crippen molar-refractivity contribution in [2.24, 2.45) is 28.6 Å². The summed E-state index contributed by atoms with van der Waals surface area (Å²) in [5.74, 6) is -0.679. The molecule has 3 rings (SSSR count). The molecule has 2 saturated carbocycles. The smallest absolute Gasteiger partial charge is 0.309 e. The predicted octanol–water partition coefficient (Wildman–Crippen LogP) is 3.58. The number of carboxylic acids is 1. The monoisotopic (exact) mass is 334 g/mol. The van der Waals surface area contributed by atoms with Crippen LogP contribution in [0.25, 0.3) is 0 Å². The van der Waals surface area contributed by atoms with E-state index in [9.17, 15) is 19.8 Å². The van der Waals surface area contributed by atoms with Gasteiger partial charge in [0.2, 0.25) is 0 Å². The molecule has 134 valence electrons. The number of allylic oxidation sites excluding steroid dienone is 1. The van der Waals surface area contributed by atoms with Crippen LogP contribution in [0, 0.1) is 28.6 Å². The highest BCUT2D eigenvalue weighted by Crippen LogP contribution is 2.62. The largest absolute Gasteiger partial charge is 0.481 e. The lowest BCUT2D eigenvalue weighted by Crippen LogP contribution is -2.57. The Bertz CT molecular complexity index is 607. The van der Waals surface area contributed by atoms with Crippen LogP contribution < -0.4 is 0 Å². The fourth-order valence-corrected chi connectivity index (χ4v) is 5.74. The number of carboxylic acid groups (broad SMARTS) is 1. The summed E-state index contributed by atoms with van der Waals surface area (Å²) in [4.78, 5) is 24.8. The van der Waals surface area contributed by atoms with Crippen LogP contribution in [0.1, 0.15) is 66.2 Å². The van der Waals surface area contributed by atoms with E-state index < -0.39 is 17.0 Å². The minimum absolute atomic E-state index is 0.0515. The first kappa shape index (κ1) is 17.7. The van der Waals surface area contributed by atoms with Crippen molar-refractivity contribution in [1.82, 2.24) is 0 Å². The highest BCUT2D eigenvalue weighted by molar-refractivity contribution is 5.98. The Balaban J connectivity index is 2.05. The molecule has 5 atom stereocenters. The van der Waals surface area contributed by atoms with E-state index in [1.807, 2.05) is 26.8 Å². The van der Waals surface area contributed by atoms with Crippen molar-refractivity contribution >= 4 is 11.8 Å². The number of Topliss-reactive ketones (excluding diaryl/α,β-unsaturated/α-hetero) is 1. The number of carbonyl (C=O) groups excluding carboxylic acids is 1. The van der Waals surface area contributed by atoms with Gasteiger partial charge in [-0.05, 0) is 67.4 Å². The molecule has 4 heteroatoms. The average molecular weight is 334 g/mol. The third-order valence-electron chi connectivity index (χ3n) is 7.59. The summed E-state index contributed by atoms with van der Waals surface area (Å²) in [7, 11) is 0. The van der Waals surface area contributed by atoms with Gasteiger partial charge >= 0.3 is 5.97 Å². The van der Waals surface area contributed by atoms with E-state index in [1.54, 1.807) is 0 Å². The molecule has 3 aliphatic carbocycles. The quantitative estimate of drug-likeness (QED) is 0.809. The molecule has 0 aromatic carbocycles. The standard InChI is InChI=1S/C20H30O4/c1-12(2)20(24)9-6-14-13(11-20)15(21)10-16-18(14,3)7-5-8-19(16,4)17(22)23/h11-12,14,16,24H,5-10H2,1-4H3,(H,22,23)/t14-,16+,18-,19+,20+/m0/s1. The van der Waals surface area contributed by atoms with Crippen LogP contribution in [0.15, 0.2) is 11.6 Å². The van der Waals surface area contributed by atoms with Gasteiger partial charge < -0.3 is 10.2 Å². The number of aliphatic carboxylic acids is 1. The molecular weight excluding hydrogens is 304 g/mol. The molecular formula is C20H30O4. The van der Waals surface area contributed by atoms with E-state index in [1.165, 1.54) is 0 Å². The van der Waals surface area contributed by atoms with Crippen LogP contribution in [0.3, 0.4) is 0 Å². The third kappa shape index (κ3) is 2.29. The molecule has 24 heavy (non-hydrogen) atoms. The molecule has 2 N–H and O–H groups in total. The van der Waals surface area contributed by atoms with Crippen molar-refractivity contribution in [1.29, 1.82) is 0 Å². The van der Waals surface area contributed by atoms with Gasteiger partial charge in [-0.25, -0.2) is 0 Å². The van der Waals surface area contributed by atoms with Gasteiger partial charge in [-0.3, -0.25) is 9.59 Å². The molecule has 0 amide bonds. The second-order valence-corrected chi connectivity index (χ2v) is 9.10. The third-order valence-corrected chi connectivity index (χ3v) is 7.59. The summed E-state index contributed by atoms with van der Waals surface area (Å²) in [6.07, 6.45) is 6.06. The fraction of sp³-hybridized carbons (Fsp3) is 0.800. The number of hydrogen-bond acceptors (Lipinski definition) is 3. The van der Waals surface area contributed by atoms with Crippen molar-refractivity contribution in [2.75, 3.05) is 0 Å². The lowest BCUT2D eigenvalue weighted by Gasteiger charge is -2.58. The molecule has 3 aliphatic rings. The first-order valence-electron chi connectivity index (χ1n) is 9.26. The zero-order chi connectivity index (χ0) is 17.9.